The molecule has 3 amide bonds. The smallest absolute Gasteiger partial charge is 0.308 e. The van der Waals surface area contributed by atoms with Crippen LogP contribution in [-0.4, -0.2) is 27.1 Å². The molecule has 9 nitrogen and oxygen atoms in total. The molecule has 0 fully saturated rings. The van der Waals surface area contributed by atoms with Gasteiger partial charge in [-0.05, 0) is 43.3 Å². The van der Waals surface area contributed by atoms with E-state index in [1.807, 2.05) is 30.3 Å². The highest BCUT2D eigenvalue weighted by molar-refractivity contribution is 8.00. The molecule has 4 rings (SSSR count). The van der Waals surface area contributed by atoms with E-state index in [0.29, 0.717) is 27.8 Å². The van der Waals surface area contributed by atoms with E-state index in [4.69, 9.17) is 0 Å². The molecule has 0 bridgehead atoms. The number of thioether (sulfide) groups is 1. The molecular weight excluding hydrogens is 498 g/mol. The first-order valence-corrected chi connectivity index (χ1v) is 12.5. The highest BCUT2D eigenvalue weighted by atomic mass is 32.2. The number of hydrogen-bond donors (Lipinski definition) is 3. The van der Waals surface area contributed by atoms with Gasteiger partial charge in [0.2, 0.25) is 5.91 Å². The minimum absolute atomic E-state index is 0.0193. The summed E-state index contributed by atoms with van der Waals surface area (Å²) in [5.74, 6) is -0.218. The first-order chi connectivity index (χ1) is 17.4. The van der Waals surface area contributed by atoms with E-state index in [-0.39, 0.29) is 17.6 Å². The lowest BCUT2D eigenvalue weighted by atomic mass is 10.1. The SMILES string of the molecule is CC(Sc1ccc(NC(=O)Nc2ccccc2)cc1)C(=O)Nc1nc(-c2cccc([N+](=O)[O-])c2)cs1. The second kappa shape index (κ2) is 11.5. The van der Waals surface area contributed by atoms with Crippen LogP contribution in [0.3, 0.4) is 0 Å². The van der Waals surface area contributed by atoms with Crippen LogP contribution in [0.2, 0.25) is 0 Å². The van der Waals surface area contributed by atoms with Gasteiger partial charge >= 0.3 is 6.03 Å². The van der Waals surface area contributed by atoms with E-state index < -0.39 is 10.2 Å². The average molecular weight is 520 g/mol. The van der Waals surface area contributed by atoms with E-state index in [1.54, 1.807) is 48.7 Å². The summed E-state index contributed by atoms with van der Waals surface area (Å²) in [6.07, 6.45) is 0. The number of aromatic nitrogens is 1. The van der Waals surface area contributed by atoms with Crippen molar-refractivity contribution in [1.82, 2.24) is 4.98 Å². The zero-order valence-electron chi connectivity index (χ0n) is 19.0. The number of non-ortho nitro benzene ring substituents is 1. The number of nitrogens with zero attached hydrogens (tertiary/aromatic N) is 2. The lowest BCUT2D eigenvalue weighted by Crippen LogP contribution is -2.22. The predicted molar refractivity (Wildman–Crippen MR) is 144 cm³/mol. The number of anilines is 3. The standard InChI is InChI=1S/C25H21N5O4S2/c1-16(23(31)29-25-28-22(15-35-25)17-6-5-9-20(14-17)30(33)34)36-21-12-10-19(11-13-21)27-24(32)26-18-7-3-2-4-8-18/h2-16H,1H3,(H2,26,27,32)(H,28,29,31). The van der Waals surface area contributed by atoms with Crippen LogP contribution >= 0.6 is 23.1 Å². The van der Waals surface area contributed by atoms with Crippen LogP contribution in [0.4, 0.5) is 27.0 Å². The largest absolute Gasteiger partial charge is 0.323 e. The summed E-state index contributed by atoms with van der Waals surface area (Å²) < 4.78 is 0. The number of carbonyl (C=O) groups excluding carboxylic acids is 2. The van der Waals surface area contributed by atoms with Crippen molar-refractivity contribution in [2.75, 3.05) is 16.0 Å². The molecule has 1 unspecified atom stereocenters. The van der Waals surface area contributed by atoms with Crippen LogP contribution in [0, 0.1) is 10.1 Å². The van der Waals surface area contributed by atoms with Crippen molar-refractivity contribution in [2.24, 2.45) is 0 Å². The Morgan fingerprint density at radius 1 is 0.944 bits per heavy atom. The van der Waals surface area contributed by atoms with Gasteiger partial charge < -0.3 is 16.0 Å². The fourth-order valence-corrected chi connectivity index (χ4v) is 4.73. The van der Waals surface area contributed by atoms with Crippen LogP contribution in [0.25, 0.3) is 11.3 Å². The van der Waals surface area contributed by atoms with Gasteiger partial charge in [-0.15, -0.1) is 23.1 Å². The molecule has 0 saturated carbocycles. The van der Waals surface area contributed by atoms with Crippen molar-refractivity contribution in [1.29, 1.82) is 0 Å². The second-order valence-electron chi connectivity index (χ2n) is 7.56. The van der Waals surface area contributed by atoms with E-state index in [2.05, 4.69) is 20.9 Å². The number of thiazole rings is 1. The highest BCUT2D eigenvalue weighted by Crippen LogP contribution is 2.29. The molecule has 3 aromatic carbocycles. The number of nitro benzene ring substituents is 1. The van der Waals surface area contributed by atoms with Gasteiger partial charge in [-0.1, -0.05) is 30.3 Å². The van der Waals surface area contributed by atoms with Crippen LogP contribution in [-0.2, 0) is 4.79 Å². The van der Waals surface area contributed by atoms with Crippen molar-refractivity contribution in [2.45, 2.75) is 17.1 Å². The van der Waals surface area contributed by atoms with Crippen molar-refractivity contribution in [3.63, 3.8) is 0 Å². The van der Waals surface area contributed by atoms with Crippen molar-refractivity contribution >= 4 is 57.2 Å². The number of nitro groups is 1. The maximum atomic E-state index is 12.7. The fraction of sp³-hybridized carbons (Fsp3) is 0.0800. The summed E-state index contributed by atoms with van der Waals surface area (Å²) in [6.45, 7) is 1.79. The van der Waals surface area contributed by atoms with Gasteiger partial charge in [0.05, 0.1) is 15.9 Å². The van der Waals surface area contributed by atoms with Crippen molar-refractivity contribution < 1.29 is 14.5 Å². The molecule has 182 valence electrons. The van der Waals surface area contributed by atoms with Gasteiger partial charge in [-0.25, -0.2) is 9.78 Å². The number of rotatable bonds is 8. The zero-order valence-corrected chi connectivity index (χ0v) is 20.6. The Labute approximate surface area is 215 Å². The van der Waals surface area contributed by atoms with Crippen molar-refractivity contribution in [3.05, 3.63) is 94.4 Å². The van der Waals surface area contributed by atoms with Crippen molar-refractivity contribution in [3.8, 4) is 11.3 Å². The molecule has 0 aliphatic heterocycles. The number of urea groups is 1. The first kappa shape index (κ1) is 24.9. The molecule has 1 atom stereocenters. The van der Waals surface area contributed by atoms with Gasteiger partial charge in [-0.2, -0.15) is 0 Å². The van der Waals surface area contributed by atoms with Crippen LogP contribution in [0.5, 0.6) is 0 Å². The molecule has 0 aliphatic carbocycles. The average Bonchev–Trinajstić information content (AvgIpc) is 3.34. The summed E-state index contributed by atoms with van der Waals surface area (Å²) in [5.41, 5.74) is 2.46. The van der Waals surface area contributed by atoms with E-state index >= 15 is 0 Å². The Hall–Kier alpha value is -4.22. The molecular formula is C25H21N5O4S2. The summed E-state index contributed by atoms with van der Waals surface area (Å²) >= 11 is 2.62. The summed E-state index contributed by atoms with van der Waals surface area (Å²) in [5, 5.41) is 21.1. The summed E-state index contributed by atoms with van der Waals surface area (Å²) in [7, 11) is 0. The maximum absolute atomic E-state index is 12.7. The normalized spacial score (nSPS) is 11.4. The van der Waals surface area contributed by atoms with Gasteiger partial charge in [-0.3, -0.25) is 14.9 Å². The Morgan fingerprint density at radius 2 is 1.64 bits per heavy atom. The zero-order chi connectivity index (χ0) is 25.5. The molecule has 0 radical (unpaired) electrons. The number of amides is 3. The molecule has 0 aliphatic rings. The first-order valence-electron chi connectivity index (χ1n) is 10.8. The summed E-state index contributed by atoms with van der Waals surface area (Å²) in [6, 6.07) is 22.2. The topological polar surface area (TPSA) is 126 Å². The van der Waals surface area contributed by atoms with Gasteiger partial charge in [0.1, 0.15) is 0 Å². The van der Waals surface area contributed by atoms with Crippen LogP contribution in [0.1, 0.15) is 6.92 Å². The molecule has 4 aromatic rings. The minimum atomic E-state index is -0.459. The molecule has 1 heterocycles. The third-order valence-corrected chi connectivity index (χ3v) is 6.78. The quantitative estimate of drug-likeness (QED) is 0.139. The van der Waals surface area contributed by atoms with Crippen LogP contribution in [0.15, 0.2) is 89.1 Å². The Bertz CT molecular complexity index is 1380. The van der Waals surface area contributed by atoms with E-state index in [1.165, 1.54) is 35.2 Å². The van der Waals surface area contributed by atoms with Gasteiger partial charge in [0.25, 0.3) is 5.69 Å². The third kappa shape index (κ3) is 6.68. The Balaban J connectivity index is 1.30. The number of para-hydroxylation sites is 1. The monoisotopic (exact) mass is 519 g/mol. The van der Waals surface area contributed by atoms with Crippen LogP contribution < -0.4 is 16.0 Å². The number of hydrogen-bond acceptors (Lipinski definition) is 7. The fourth-order valence-electron chi connectivity index (χ4n) is 3.14. The predicted octanol–water partition coefficient (Wildman–Crippen LogP) is 6.48. The molecule has 11 heteroatoms. The second-order valence-corrected chi connectivity index (χ2v) is 9.84. The molecule has 3 N–H and O–H groups in total. The third-order valence-electron chi connectivity index (χ3n) is 4.91. The lowest BCUT2D eigenvalue weighted by Gasteiger charge is -2.11. The number of carbonyl (C=O) groups is 2. The molecule has 36 heavy (non-hydrogen) atoms. The highest BCUT2D eigenvalue weighted by Gasteiger charge is 2.17. The molecule has 0 saturated heterocycles. The minimum Gasteiger partial charge on any atom is -0.308 e. The van der Waals surface area contributed by atoms with Gasteiger partial charge in [0.15, 0.2) is 5.13 Å². The molecule has 1 aromatic heterocycles. The Kier molecular flexibility index (Phi) is 7.93. The number of nitrogens with one attached hydrogen (secondary N) is 3. The van der Waals surface area contributed by atoms with Gasteiger partial charge in [0, 0.05) is 39.3 Å². The maximum Gasteiger partial charge on any atom is 0.323 e. The molecule has 0 spiro atoms. The summed E-state index contributed by atoms with van der Waals surface area (Å²) in [4.78, 5) is 40.6. The lowest BCUT2D eigenvalue weighted by molar-refractivity contribution is -0.384. The Morgan fingerprint density at radius 3 is 2.33 bits per heavy atom. The van der Waals surface area contributed by atoms with E-state index in [0.717, 1.165) is 4.90 Å². The number of benzene rings is 3. The van der Waals surface area contributed by atoms with E-state index in [9.17, 15) is 19.7 Å².